The zero-order valence-electron chi connectivity index (χ0n) is 13.6. The first-order chi connectivity index (χ1) is 11.2. The number of fused-ring (bicyclic) bond motifs is 2. The van der Waals surface area contributed by atoms with E-state index in [0.717, 1.165) is 60.5 Å². The van der Waals surface area contributed by atoms with E-state index >= 15 is 0 Å². The van der Waals surface area contributed by atoms with Crippen molar-refractivity contribution in [1.29, 1.82) is 0 Å². The number of para-hydroxylation sites is 2. The lowest BCUT2D eigenvalue weighted by molar-refractivity contribution is 0.216. The number of ether oxygens (including phenoxy) is 1. The van der Waals surface area contributed by atoms with Gasteiger partial charge in [0.2, 0.25) is 0 Å². The fourth-order valence-corrected chi connectivity index (χ4v) is 3.95. The van der Waals surface area contributed by atoms with Crippen LogP contribution in [-0.2, 0) is 6.42 Å². The van der Waals surface area contributed by atoms with E-state index in [0.29, 0.717) is 0 Å². The number of benzene rings is 1. The number of amidine groups is 1. The second kappa shape index (κ2) is 5.98. The highest BCUT2D eigenvalue weighted by atomic mass is 32.1. The predicted octanol–water partition coefficient (Wildman–Crippen LogP) is 3.74. The fraction of sp³-hybridized carbons (Fsp3) is 0.389. The van der Waals surface area contributed by atoms with Gasteiger partial charge >= 0.3 is 0 Å². The first kappa shape index (κ1) is 14.7. The first-order valence-electron chi connectivity index (χ1n) is 8.16. The second-order valence-corrected chi connectivity index (χ2v) is 7.16. The van der Waals surface area contributed by atoms with E-state index < -0.39 is 0 Å². The van der Waals surface area contributed by atoms with Crippen molar-refractivity contribution in [1.82, 2.24) is 9.80 Å². The van der Waals surface area contributed by atoms with Crippen molar-refractivity contribution in [2.24, 2.45) is 4.99 Å². The van der Waals surface area contributed by atoms with Crippen LogP contribution in [0.15, 0.2) is 35.3 Å². The molecule has 0 atom stereocenters. The van der Waals surface area contributed by atoms with Crippen molar-refractivity contribution in [2.75, 3.05) is 33.2 Å². The molecule has 0 saturated carbocycles. The van der Waals surface area contributed by atoms with Crippen LogP contribution in [0.4, 0.5) is 5.69 Å². The summed E-state index contributed by atoms with van der Waals surface area (Å²) < 4.78 is 6.19. The molecule has 4 rings (SSSR count). The van der Waals surface area contributed by atoms with Crippen LogP contribution in [0.25, 0.3) is 0 Å². The molecule has 2 aliphatic heterocycles. The minimum Gasteiger partial charge on any atom is -0.444 e. The normalized spacial score (nSPS) is 17.8. The van der Waals surface area contributed by atoms with Gasteiger partial charge in [0, 0.05) is 31.1 Å². The summed E-state index contributed by atoms with van der Waals surface area (Å²) in [5, 5.41) is 0.976. The molecule has 0 N–H and O–H groups in total. The van der Waals surface area contributed by atoms with Gasteiger partial charge in [-0.3, -0.25) is 0 Å². The molecule has 0 aliphatic carbocycles. The van der Waals surface area contributed by atoms with Crippen LogP contribution >= 0.6 is 11.3 Å². The molecule has 0 radical (unpaired) electrons. The van der Waals surface area contributed by atoms with Crippen molar-refractivity contribution < 1.29 is 4.74 Å². The largest absolute Gasteiger partial charge is 0.444 e. The van der Waals surface area contributed by atoms with Crippen LogP contribution in [0.1, 0.15) is 17.4 Å². The van der Waals surface area contributed by atoms with E-state index in [1.54, 1.807) is 11.3 Å². The molecule has 4 nitrogen and oxygen atoms in total. The number of rotatable bonds is 1. The number of aryl methyl sites for hydroxylation is 1. The maximum atomic E-state index is 6.19. The highest BCUT2D eigenvalue weighted by Crippen LogP contribution is 2.42. The van der Waals surface area contributed by atoms with Crippen molar-refractivity contribution in [3.63, 3.8) is 0 Å². The molecule has 0 bridgehead atoms. The average Bonchev–Trinajstić information content (AvgIpc) is 2.91. The van der Waals surface area contributed by atoms with Crippen LogP contribution < -0.4 is 4.74 Å². The second-order valence-electron chi connectivity index (χ2n) is 6.06. The standard InChI is InChI=1S/C18H21N3OS/c1-3-13-12-14-17(21-10-8-20(2)9-11-21)19-15-6-4-5-7-16(15)22-18(14)23-13/h4-7,12H,3,8-11H2,1-2H3. The summed E-state index contributed by atoms with van der Waals surface area (Å²) >= 11 is 1.74. The molecule has 1 aromatic carbocycles. The molecule has 0 amide bonds. The Hall–Kier alpha value is -1.85. The number of aliphatic imine (C=N–C) groups is 1. The Morgan fingerprint density at radius 2 is 1.96 bits per heavy atom. The molecule has 1 fully saturated rings. The summed E-state index contributed by atoms with van der Waals surface area (Å²) in [4.78, 5) is 11.1. The highest BCUT2D eigenvalue weighted by Gasteiger charge is 2.26. The smallest absolute Gasteiger partial charge is 0.192 e. The third-order valence-corrected chi connectivity index (χ3v) is 5.59. The van der Waals surface area contributed by atoms with Gasteiger partial charge in [0.25, 0.3) is 0 Å². The summed E-state index contributed by atoms with van der Waals surface area (Å²) in [7, 11) is 2.18. The van der Waals surface area contributed by atoms with E-state index in [9.17, 15) is 0 Å². The topological polar surface area (TPSA) is 28.1 Å². The minimum absolute atomic E-state index is 0.849. The van der Waals surface area contributed by atoms with Gasteiger partial charge in [-0.05, 0) is 31.7 Å². The van der Waals surface area contributed by atoms with E-state index in [1.165, 1.54) is 4.88 Å². The maximum Gasteiger partial charge on any atom is 0.192 e. The van der Waals surface area contributed by atoms with Crippen molar-refractivity contribution in [2.45, 2.75) is 13.3 Å². The van der Waals surface area contributed by atoms with Gasteiger partial charge in [-0.15, -0.1) is 11.3 Å². The molecule has 5 heteroatoms. The van der Waals surface area contributed by atoms with Crippen molar-refractivity contribution in [3.05, 3.63) is 40.8 Å². The Bertz CT molecular complexity index is 744. The lowest BCUT2D eigenvalue weighted by Gasteiger charge is -2.34. The molecule has 120 valence electrons. The quantitative estimate of drug-likeness (QED) is 0.799. The van der Waals surface area contributed by atoms with Gasteiger partial charge in [-0.1, -0.05) is 19.1 Å². The summed E-state index contributed by atoms with van der Waals surface area (Å²) in [6.07, 6.45) is 1.03. The summed E-state index contributed by atoms with van der Waals surface area (Å²) in [6.45, 7) is 6.34. The Morgan fingerprint density at radius 3 is 2.74 bits per heavy atom. The van der Waals surface area contributed by atoms with Crippen molar-refractivity contribution >= 4 is 22.9 Å². The Labute approximate surface area is 141 Å². The number of hydrogen-bond acceptors (Lipinski definition) is 5. The lowest BCUT2D eigenvalue weighted by Crippen LogP contribution is -2.47. The van der Waals surface area contributed by atoms with E-state index in [4.69, 9.17) is 9.73 Å². The van der Waals surface area contributed by atoms with Gasteiger partial charge in [0.1, 0.15) is 11.5 Å². The number of hydrogen-bond donors (Lipinski definition) is 0. The Balaban J connectivity index is 1.80. The first-order valence-corrected chi connectivity index (χ1v) is 8.98. The van der Waals surface area contributed by atoms with E-state index in [-0.39, 0.29) is 0 Å². The number of piperazine rings is 1. The number of thiophene rings is 1. The molecule has 2 aromatic rings. The van der Waals surface area contributed by atoms with Gasteiger partial charge < -0.3 is 14.5 Å². The molecular weight excluding hydrogens is 306 g/mol. The Morgan fingerprint density at radius 1 is 1.17 bits per heavy atom. The number of likely N-dealkylation sites (N-methyl/N-ethyl adjacent to an activating group) is 1. The maximum absolute atomic E-state index is 6.19. The molecular formula is C18H21N3OS. The summed E-state index contributed by atoms with van der Waals surface area (Å²) in [6, 6.07) is 10.3. The molecule has 1 aromatic heterocycles. The molecule has 23 heavy (non-hydrogen) atoms. The van der Waals surface area contributed by atoms with Gasteiger partial charge in [0.15, 0.2) is 10.8 Å². The van der Waals surface area contributed by atoms with Gasteiger partial charge in [0.05, 0.1) is 5.56 Å². The van der Waals surface area contributed by atoms with Gasteiger partial charge in [-0.25, -0.2) is 4.99 Å². The monoisotopic (exact) mass is 327 g/mol. The lowest BCUT2D eigenvalue weighted by atomic mass is 10.2. The van der Waals surface area contributed by atoms with Gasteiger partial charge in [-0.2, -0.15) is 0 Å². The molecule has 2 aliphatic rings. The van der Waals surface area contributed by atoms with Crippen LogP contribution in [0.2, 0.25) is 0 Å². The van der Waals surface area contributed by atoms with E-state index in [2.05, 4.69) is 29.8 Å². The Kier molecular flexibility index (Phi) is 3.83. The molecule has 1 saturated heterocycles. The zero-order valence-corrected chi connectivity index (χ0v) is 14.4. The summed E-state index contributed by atoms with van der Waals surface area (Å²) in [5.74, 6) is 1.91. The third-order valence-electron chi connectivity index (χ3n) is 4.44. The molecule has 0 unspecified atom stereocenters. The van der Waals surface area contributed by atoms with E-state index in [1.807, 2.05) is 24.3 Å². The average molecular weight is 327 g/mol. The van der Waals surface area contributed by atoms with Crippen molar-refractivity contribution in [3.8, 4) is 10.8 Å². The molecule has 0 spiro atoms. The molecule has 3 heterocycles. The van der Waals surface area contributed by atoms with Crippen LogP contribution in [0, 0.1) is 0 Å². The SMILES string of the molecule is CCc1cc2c(s1)Oc1ccccc1N=C2N1CCN(C)CC1. The van der Waals surface area contributed by atoms with Crippen LogP contribution in [0.3, 0.4) is 0 Å². The van der Waals surface area contributed by atoms with Crippen LogP contribution in [-0.4, -0.2) is 48.9 Å². The highest BCUT2D eigenvalue weighted by molar-refractivity contribution is 7.14. The number of nitrogens with zero attached hydrogens (tertiary/aromatic N) is 3. The summed E-state index contributed by atoms with van der Waals surface area (Å²) in [5.41, 5.74) is 2.07. The van der Waals surface area contributed by atoms with Crippen LogP contribution in [0.5, 0.6) is 10.8 Å². The zero-order chi connectivity index (χ0) is 15.8. The third kappa shape index (κ3) is 2.75. The minimum atomic E-state index is 0.849. The fourth-order valence-electron chi connectivity index (χ4n) is 3.00. The predicted molar refractivity (Wildman–Crippen MR) is 95.5 cm³/mol.